The fourth-order valence-corrected chi connectivity index (χ4v) is 4.24. The molecule has 0 aromatic heterocycles. The molecule has 0 bridgehead atoms. The van der Waals surface area contributed by atoms with Gasteiger partial charge in [0.15, 0.2) is 0 Å². The van der Waals surface area contributed by atoms with Crippen molar-refractivity contribution in [2.45, 2.75) is 76.6 Å². The summed E-state index contributed by atoms with van der Waals surface area (Å²) in [5.74, 6) is 0.332. The SMILES string of the molecule is CC.CC.CC.CC(=O)N(C)C.CCCOCCNC(=O)[CH2][Hg][CH2]C. The third-order valence-corrected chi connectivity index (χ3v) is 8.19. The minimum absolute atomic E-state index is 0.0926. The molecule has 1 N–H and O–H groups in total. The van der Waals surface area contributed by atoms with Crippen LogP contribution >= 0.6 is 0 Å². The fraction of sp³-hybridized carbons (Fsp3) is 0.895. The Hall–Kier alpha value is -0.165. The number of hydrogen-bond donors (Lipinski definition) is 1. The predicted octanol–water partition coefficient (Wildman–Crippen LogP) is 4.64. The molecule has 152 valence electrons. The van der Waals surface area contributed by atoms with Crippen LogP contribution in [0.3, 0.4) is 0 Å². The summed E-state index contributed by atoms with van der Waals surface area (Å²) in [6, 6.07) is 0. The fourth-order valence-electron chi connectivity index (χ4n) is 0.935. The number of hydrogen-bond acceptors (Lipinski definition) is 3. The molecule has 0 aliphatic carbocycles. The van der Waals surface area contributed by atoms with Crippen LogP contribution in [0.15, 0.2) is 0 Å². The zero-order valence-corrected chi connectivity index (χ0v) is 24.6. The molecule has 5 nitrogen and oxygen atoms in total. The van der Waals surface area contributed by atoms with Crippen molar-refractivity contribution in [3.8, 4) is 0 Å². The molecule has 2 amide bonds. The van der Waals surface area contributed by atoms with E-state index in [4.69, 9.17) is 4.74 Å². The quantitative estimate of drug-likeness (QED) is 0.354. The van der Waals surface area contributed by atoms with Crippen molar-refractivity contribution in [1.82, 2.24) is 10.2 Å². The average Bonchev–Trinajstić information content (AvgIpc) is 2.65. The maximum absolute atomic E-state index is 11.1. The molecule has 0 saturated carbocycles. The van der Waals surface area contributed by atoms with Gasteiger partial charge in [-0.1, -0.05) is 41.5 Å². The van der Waals surface area contributed by atoms with Crippen LogP contribution in [0.2, 0.25) is 7.86 Å². The van der Waals surface area contributed by atoms with Crippen molar-refractivity contribution >= 4 is 11.8 Å². The van der Waals surface area contributed by atoms with Gasteiger partial charge in [0.25, 0.3) is 0 Å². The van der Waals surface area contributed by atoms with Crippen molar-refractivity contribution in [2.75, 3.05) is 33.9 Å². The molecule has 0 aromatic rings. The molecule has 6 heteroatoms. The Morgan fingerprint density at radius 3 is 1.72 bits per heavy atom. The van der Waals surface area contributed by atoms with Crippen LogP contribution in [-0.2, 0) is 38.9 Å². The van der Waals surface area contributed by atoms with Crippen LogP contribution < -0.4 is 5.32 Å². The molecule has 0 unspecified atom stereocenters. The van der Waals surface area contributed by atoms with E-state index in [1.807, 2.05) is 41.5 Å². The number of rotatable bonds is 8. The van der Waals surface area contributed by atoms with Gasteiger partial charge < -0.3 is 4.90 Å². The van der Waals surface area contributed by atoms with E-state index in [9.17, 15) is 9.59 Å². The summed E-state index contributed by atoms with van der Waals surface area (Å²) < 4.78 is 7.40. The molecule has 0 aromatic carbocycles. The van der Waals surface area contributed by atoms with E-state index in [-0.39, 0.29) is 11.8 Å². The second-order valence-corrected chi connectivity index (χ2v) is 13.1. The Morgan fingerprint density at radius 1 is 0.960 bits per heavy atom. The normalized spacial score (nSPS) is 7.48. The van der Waals surface area contributed by atoms with Crippen molar-refractivity contribution < 1.29 is 38.9 Å². The summed E-state index contributed by atoms with van der Waals surface area (Å²) in [6.45, 7) is 19.9. The van der Waals surface area contributed by atoms with Crippen molar-refractivity contribution in [1.29, 1.82) is 0 Å². The van der Waals surface area contributed by atoms with Gasteiger partial charge >= 0.3 is 93.2 Å². The van der Waals surface area contributed by atoms with Crippen molar-refractivity contribution in [2.24, 2.45) is 0 Å². The van der Waals surface area contributed by atoms with E-state index in [2.05, 4.69) is 19.2 Å². The molecule has 0 spiro atoms. The summed E-state index contributed by atoms with van der Waals surface area (Å²) >= 11 is -0.780. The molecule has 0 aliphatic rings. The number of carbonyl (C=O) groups is 2. The third-order valence-electron chi connectivity index (χ3n) is 2.30. The Morgan fingerprint density at radius 2 is 1.40 bits per heavy atom. The van der Waals surface area contributed by atoms with Crippen LogP contribution in [0.5, 0.6) is 0 Å². The third kappa shape index (κ3) is 51.6. The van der Waals surface area contributed by atoms with Gasteiger partial charge in [-0.25, -0.2) is 0 Å². The van der Waals surface area contributed by atoms with E-state index in [0.29, 0.717) is 13.2 Å². The molecule has 25 heavy (non-hydrogen) atoms. The van der Waals surface area contributed by atoms with E-state index >= 15 is 0 Å². The molecule has 0 radical (unpaired) electrons. The number of amides is 2. The van der Waals surface area contributed by atoms with Crippen LogP contribution in [0, 0.1) is 0 Å². The molecule has 0 aliphatic heterocycles. The number of carbonyl (C=O) groups excluding carboxylic acids is 2. The van der Waals surface area contributed by atoms with Gasteiger partial charge in [-0.15, -0.1) is 0 Å². The van der Waals surface area contributed by atoms with Crippen LogP contribution in [0.1, 0.15) is 68.7 Å². The zero-order valence-electron chi connectivity index (χ0n) is 19.1. The second kappa shape index (κ2) is 39.1. The van der Waals surface area contributed by atoms with Crippen molar-refractivity contribution in [3.05, 3.63) is 0 Å². The summed E-state index contributed by atoms with van der Waals surface area (Å²) in [6.07, 6.45) is 1.04. The van der Waals surface area contributed by atoms with Crippen LogP contribution in [0.4, 0.5) is 0 Å². The van der Waals surface area contributed by atoms with Gasteiger partial charge in [0, 0.05) is 21.0 Å². The molecule has 0 heterocycles. The van der Waals surface area contributed by atoms with E-state index in [0.717, 1.165) is 17.0 Å². The van der Waals surface area contributed by atoms with Gasteiger partial charge in [-0.05, 0) is 0 Å². The monoisotopic (exact) mass is 552 g/mol. The summed E-state index contributed by atoms with van der Waals surface area (Å²) in [4.78, 5) is 22.7. The van der Waals surface area contributed by atoms with Gasteiger partial charge in [0.05, 0.1) is 0 Å². The molecule has 0 saturated heterocycles. The summed E-state index contributed by atoms with van der Waals surface area (Å²) in [5, 5.41) is 2.87. The molecule has 0 fully saturated rings. The Kier molecular flexibility index (Phi) is 56.0. The second-order valence-electron chi connectivity index (χ2n) is 4.48. The first kappa shape index (κ1) is 35.9. The maximum atomic E-state index is 11.1. The molecular weight excluding hydrogens is 505 g/mol. The average molecular weight is 551 g/mol. The summed E-state index contributed by atoms with van der Waals surface area (Å²) in [7, 11) is 3.45. The van der Waals surface area contributed by atoms with Crippen molar-refractivity contribution in [3.63, 3.8) is 0 Å². The molecule has 0 rings (SSSR count). The zero-order chi connectivity index (χ0) is 21.1. The number of ether oxygens (including phenoxy) is 1. The topological polar surface area (TPSA) is 58.6 Å². The van der Waals surface area contributed by atoms with Crippen LogP contribution in [0.25, 0.3) is 0 Å². The van der Waals surface area contributed by atoms with E-state index in [1.54, 1.807) is 14.1 Å². The Labute approximate surface area is 171 Å². The summed E-state index contributed by atoms with van der Waals surface area (Å²) in [5.41, 5.74) is 0. The van der Waals surface area contributed by atoms with Gasteiger partial charge in [-0.2, -0.15) is 0 Å². The Bertz CT molecular complexity index is 239. The standard InChI is InChI=1S/C7H14NO2.C4H9NO.3C2H6.C2H5.Hg/c1-3-5-10-6-4-8-7(2)9;1-4(6)5(2)3;4*1-2;/h2-6H2,1H3,(H,8,9);1-3H3;3*1-2H3;1H2,2H3;. The van der Waals surface area contributed by atoms with Crippen LogP contribution in [-0.4, -0.2) is 50.6 Å². The molecule has 0 atom stereocenters. The van der Waals surface area contributed by atoms with E-state index in [1.165, 1.54) is 15.8 Å². The van der Waals surface area contributed by atoms with Gasteiger partial charge in [-0.3, -0.25) is 4.79 Å². The first-order valence-electron chi connectivity index (χ1n) is 9.97. The minimum atomic E-state index is -0.780. The number of nitrogens with one attached hydrogen (secondary N) is 1. The first-order valence-corrected chi connectivity index (χ1v) is 17.7. The van der Waals surface area contributed by atoms with E-state index < -0.39 is 24.6 Å². The Balaban J connectivity index is -0.0000000929. The predicted molar refractivity (Wildman–Crippen MR) is 108 cm³/mol. The molecular formula is C19H46HgN2O3. The van der Waals surface area contributed by atoms with Gasteiger partial charge in [0.2, 0.25) is 5.91 Å². The number of nitrogens with zero attached hydrogens (tertiary/aromatic N) is 1. The first-order chi connectivity index (χ1) is 12.0. The van der Waals surface area contributed by atoms with Gasteiger partial charge in [0.1, 0.15) is 0 Å².